The fourth-order valence-electron chi connectivity index (χ4n) is 7.93. The lowest BCUT2D eigenvalue weighted by molar-refractivity contribution is -0.146. The van der Waals surface area contributed by atoms with E-state index in [9.17, 15) is 24.3 Å². The van der Waals surface area contributed by atoms with Gasteiger partial charge in [-0.3, -0.25) is 9.59 Å². The molecule has 7 rings (SSSR count). The van der Waals surface area contributed by atoms with Crippen LogP contribution in [0.1, 0.15) is 66.2 Å². The first-order valence-electron chi connectivity index (χ1n) is 17.8. The minimum absolute atomic E-state index is 0.0144. The number of ether oxygens (including phenoxy) is 3. The first-order chi connectivity index (χ1) is 24.3. The fraction of sp³-hybridized carbons (Fsp3) is 0.568. The normalized spacial score (nSPS) is 28.5. The van der Waals surface area contributed by atoms with Gasteiger partial charge in [-0.2, -0.15) is 5.10 Å². The second-order valence-electron chi connectivity index (χ2n) is 15.6. The minimum Gasteiger partial charge on any atom is -0.497 e. The van der Waals surface area contributed by atoms with Crippen molar-refractivity contribution in [3.8, 4) is 17.3 Å². The quantitative estimate of drug-likeness (QED) is 0.264. The molecular formula is C37H46N6O8. The van der Waals surface area contributed by atoms with Crippen molar-refractivity contribution in [2.24, 2.45) is 23.2 Å². The molecule has 1 saturated heterocycles. The van der Waals surface area contributed by atoms with Crippen molar-refractivity contribution in [2.75, 3.05) is 13.7 Å². The maximum atomic E-state index is 14.5. The largest absolute Gasteiger partial charge is 0.497 e. The fourth-order valence-corrected chi connectivity index (χ4v) is 7.93. The van der Waals surface area contributed by atoms with Crippen molar-refractivity contribution in [3.05, 3.63) is 42.7 Å². The second-order valence-corrected chi connectivity index (χ2v) is 15.6. The predicted molar refractivity (Wildman–Crippen MR) is 184 cm³/mol. The average Bonchev–Trinajstić information content (AvgIpc) is 3.70. The molecule has 3 N–H and O–H groups in total. The molecule has 1 aromatic carbocycles. The molecule has 4 aliphatic rings. The molecule has 3 aromatic rings. The lowest BCUT2D eigenvalue weighted by Gasteiger charge is -2.35. The molecule has 0 spiro atoms. The Bertz CT molecular complexity index is 1830. The van der Waals surface area contributed by atoms with Gasteiger partial charge >= 0.3 is 12.1 Å². The molecular weight excluding hydrogens is 656 g/mol. The molecule has 2 unspecified atom stereocenters. The smallest absolute Gasteiger partial charge is 0.408 e. The summed E-state index contributed by atoms with van der Waals surface area (Å²) in [5.74, 6) is 0.437. The molecule has 14 heteroatoms. The van der Waals surface area contributed by atoms with E-state index in [0.717, 1.165) is 12.8 Å². The molecule has 8 atom stereocenters. The van der Waals surface area contributed by atoms with E-state index < -0.39 is 53.0 Å². The summed E-state index contributed by atoms with van der Waals surface area (Å²) in [5, 5.41) is 20.7. The third-order valence-corrected chi connectivity index (χ3v) is 11.0. The number of rotatable bonds is 11. The molecule has 51 heavy (non-hydrogen) atoms. The van der Waals surface area contributed by atoms with Crippen molar-refractivity contribution < 1.29 is 38.5 Å². The number of alkyl carbamates (subject to hydrolysis) is 1. The summed E-state index contributed by atoms with van der Waals surface area (Å²) in [4.78, 5) is 60.3. The van der Waals surface area contributed by atoms with E-state index in [2.05, 4.69) is 15.7 Å². The van der Waals surface area contributed by atoms with Gasteiger partial charge in [0, 0.05) is 36.3 Å². The number of likely N-dealkylation sites (tertiary alicyclic amines) is 1. The van der Waals surface area contributed by atoms with Gasteiger partial charge in [0.1, 0.15) is 41.3 Å². The number of nitrogens with one attached hydrogen (secondary N) is 2. The Balaban J connectivity index is 1.18. The topological polar surface area (TPSA) is 174 Å². The van der Waals surface area contributed by atoms with Gasteiger partial charge in [-0.05, 0) is 67.1 Å². The van der Waals surface area contributed by atoms with Gasteiger partial charge in [0.15, 0.2) is 5.82 Å². The van der Waals surface area contributed by atoms with E-state index in [0.29, 0.717) is 52.9 Å². The molecule has 3 amide bonds. The number of carbonyl (C=O) groups is 4. The number of nitrogens with zero attached hydrogens (tertiary/aromatic N) is 4. The summed E-state index contributed by atoms with van der Waals surface area (Å²) < 4.78 is 19.4. The molecule has 3 saturated carbocycles. The van der Waals surface area contributed by atoms with Crippen molar-refractivity contribution in [3.63, 3.8) is 0 Å². The van der Waals surface area contributed by atoms with Crippen molar-refractivity contribution in [1.82, 2.24) is 30.3 Å². The third kappa shape index (κ3) is 6.79. The zero-order valence-corrected chi connectivity index (χ0v) is 29.6. The van der Waals surface area contributed by atoms with Crippen LogP contribution in [0.25, 0.3) is 16.7 Å². The Morgan fingerprint density at radius 3 is 2.47 bits per heavy atom. The number of benzene rings is 1. The molecule has 0 radical (unpaired) electrons. The second kappa shape index (κ2) is 13.0. The van der Waals surface area contributed by atoms with Crippen LogP contribution in [0.15, 0.2) is 42.7 Å². The Kier molecular flexibility index (Phi) is 8.83. The van der Waals surface area contributed by atoms with Crippen molar-refractivity contribution >= 4 is 34.8 Å². The molecule has 1 aliphatic heterocycles. The van der Waals surface area contributed by atoms with Crippen LogP contribution in [0.2, 0.25) is 0 Å². The van der Waals surface area contributed by atoms with Gasteiger partial charge in [0.25, 0.3) is 0 Å². The van der Waals surface area contributed by atoms with Gasteiger partial charge in [-0.15, -0.1) is 0 Å². The Morgan fingerprint density at radius 1 is 1.08 bits per heavy atom. The number of hydrogen-bond acceptors (Lipinski definition) is 9. The van der Waals surface area contributed by atoms with Gasteiger partial charge in [0.2, 0.25) is 11.8 Å². The SMILES string of the molecule is CCC1C[C@]1(NC(=O)[C@@H]1C[C@@H](Oc2cc(-n3cccn3)nc3cc(OC)ccc23)CN1C(=O)[C@@H](NC(=O)OC1C[C@@H]2C[C@@H]2C1)C(C)(C)C)C(=O)O. The van der Waals surface area contributed by atoms with E-state index in [1.54, 1.807) is 48.5 Å². The zero-order valence-electron chi connectivity index (χ0n) is 29.6. The predicted octanol–water partition coefficient (Wildman–Crippen LogP) is 4.09. The van der Waals surface area contributed by atoms with Crippen molar-refractivity contribution in [1.29, 1.82) is 0 Å². The van der Waals surface area contributed by atoms with E-state index in [-0.39, 0.29) is 25.0 Å². The molecule has 0 bridgehead atoms. The number of hydrogen-bond donors (Lipinski definition) is 3. The van der Waals surface area contributed by atoms with Gasteiger partial charge in [0.05, 0.1) is 19.2 Å². The number of aromatic nitrogens is 3. The Labute approximate surface area is 296 Å². The first kappa shape index (κ1) is 34.6. The van der Waals surface area contributed by atoms with E-state index in [1.165, 1.54) is 11.3 Å². The number of carboxylic acid groups (broad SMARTS) is 1. The molecule has 272 valence electrons. The lowest BCUT2D eigenvalue weighted by atomic mass is 9.85. The third-order valence-electron chi connectivity index (χ3n) is 11.0. The van der Waals surface area contributed by atoms with E-state index in [4.69, 9.17) is 19.2 Å². The van der Waals surface area contributed by atoms with Crippen LogP contribution in [-0.2, 0) is 19.1 Å². The number of carbonyl (C=O) groups excluding carboxylic acids is 3. The first-order valence-corrected chi connectivity index (χ1v) is 17.8. The lowest BCUT2D eigenvalue weighted by Crippen LogP contribution is -2.59. The number of aliphatic carboxylic acids is 1. The number of amides is 3. The van der Waals surface area contributed by atoms with Crippen LogP contribution in [-0.4, -0.2) is 92.1 Å². The van der Waals surface area contributed by atoms with Gasteiger partial charge < -0.3 is 34.9 Å². The summed E-state index contributed by atoms with van der Waals surface area (Å²) in [6, 6.07) is 6.85. The van der Waals surface area contributed by atoms with Crippen LogP contribution in [0, 0.1) is 23.2 Å². The summed E-state index contributed by atoms with van der Waals surface area (Å²) >= 11 is 0. The summed E-state index contributed by atoms with van der Waals surface area (Å²) in [6.07, 6.45) is 5.74. The Hall–Kier alpha value is -4.88. The molecule has 3 aliphatic carbocycles. The zero-order chi connectivity index (χ0) is 36.2. The summed E-state index contributed by atoms with van der Waals surface area (Å²) in [5.41, 5.74) is -1.54. The molecule has 2 aromatic heterocycles. The van der Waals surface area contributed by atoms with Crippen LogP contribution in [0.3, 0.4) is 0 Å². The molecule has 14 nitrogen and oxygen atoms in total. The number of carboxylic acids is 1. The van der Waals surface area contributed by atoms with Gasteiger partial charge in [-0.25, -0.2) is 19.3 Å². The van der Waals surface area contributed by atoms with Crippen LogP contribution in [0.5, 0.6) is 11.5 Å². The number of fused-ring (bicyclic) bond motifs is 2. The van der Waals surface area contributed by atoms with Crippen molar-refractivity contribution in [2.45, 2.75) is 96.1 Å². The van der Waals surface area contributed by atoms with Crippen LogP contribution in [0.4, 0.5) is 4.79 Å². The maximum Gasteiger partial charge on any atom is 0.408 e. The highest BCUT2D eigenvalue weighted by molar-refractivity contribution is 5.96. The standard InChI is InChI=1S/C37H46N6O8/c1-6-22-18-37(22,34(46)47)41-32(44)28-16-25(50-29-17-30(43-11-7-10-38-43)39-27-15-23(49-5)8-9-26(27)29)19-42(28)33(45)31(36(2,3)4)40-35(48)51-24-13-20-12-21(20)14-24/h7-11,15,17,20-22,24-25,28,31H,6,12-14,16,18-19H2,1-5H3,(H,40,48)(H,41,44)(H,46,47)/t20-,21+,22?,24?,25-,28+,31-,37-/m1/s1. The van der Waals surface area contributed by atoms with Gasteiger partial charge in [-0.1, -0.05) is 34.1 Å². The Morgan fingerprint density at radius 2 is 1.84 bits per heavy atom. The summed E-state index contributed by atoms with van der Waals surface area (Å²) in [6.45, 7) is 7.41. The average molecular weight is 703 g/mol. The number of methoxy groups -OCH3 is 1. The maximum absolute atomic E-state index is 14.5. The molecule has 3 heterocycles. The van der Waals surface area contributed by atoms with E-state index in [1.807, 2.05) is 33.8 Å². The monoisotopic (exact) mass is 702 g/mol. The number of pyridine rings is 1. The van der Waals surface area contributed by atoms with Crippen LogP contribution >= 0.6 is 0 Å². The highest BCUT2D eigenvalue weighted by atomic mass is 16.6. The van der Waals surface area contributed by atoms with Crippen LogP contribution < -0.4 is 20.1 Å². The highest BCUT2D eigenvalue weighted by Gasteiger charge is 2.61. The highest BCUT2D eigenvalue weighted by Crippen LogP contribution is 2.52. The summed E-state index contributed by atoms with van der Waals surface area (Å²) in [7, 11) is 1.57. The van der Waals surface area contributed by atoms with E-state index >= 15 is 0 Å². The molecule has 4 fully saturated rings. The minimum atomic E-state index is -1.38.